The zero-order valence-corrected chi connectivity index (χ0v) is 7.48. The van der Waals surface area contributed by atoms with E-state index >= 15 is 0 Å². The Balaban J connectivity index is 3.82. The van der Waals surface area contributed by atoms with Gasteiger partial charge in [0, 0.05) is 19.8 Å². The smallest absolute Gasteiger partial charge is 0.188 e. The summed E-state index contributed by atoms with van der Waals surface area (Å²) < 4.78 is 21.2. The minimum Gasteiger partial charge on any atom is -0.370 e. The number of nitrogens with zero attached hydrogens (tertiary/aromatic N) is 1. The molecule has 0 aliphatic carbocycles. The zero-order valence-electron chi connectivity index (χ0n) is 6.66. The fourth-order valence-corrected chi connectivity index (χ4v) is 1.03. The predicted molar refractivity (Wildman–Crippen MR) is 44.3 cm³/mol. The van der Waals surface area contributed by atoms with Crippen molar-refractivity contribution in [1.29, 1.82) is 5.41 Å². The molecule has 11 heavy (non-hydrogen) atoms. The molecule has 6 heteroatoms. The molecule has 0 fully saturated rings. The van der Waals surface area contributed by atoms with Crippen LogP contribution in [0.2, 0.25) is 0 Å². The number of guanidine groups is 1. The van der Waals surface area contributed by atoms with E-state index in [1.807, 2.05) is 0 Å². The molecule has 0 atom stereocenters. The van der Waals surface area contributed by atoms with E-state index in [2.05, 4.69) is 0 Å². The van der Waals surface area contributed by atoms with Crippen LogP contribution in [0.15, 0.2) is 0 Å². The molecule has 0 bridgehead atoms. The molecular weight excluding hydrogens is 166 g/mol. The minimum absolute atomic E-state index is 0.0308. The van der Waals surface area contributed by atoms with Crippen molar-refractivity contribution >= 4 is 15.8 Å². The van der Waals surface area contributed by atoms with Crippen molar-refractivity contribution < 1.29 is 8.42 Å². The second-order valence-electron chi connectivity index (χ2n) is 2.44. The zero-order chi connectivity index (χ0) is 9.07. The maximum atomic E-state index is 10.6. The van der Waals surface area contributed by atoms with E-state index in [0.717, 1.165) is 6.26 Å². The van der Waals surface area contributed by atoms with Crippen LogP contribution in [0, 0.1) is 5.41 Å². The minimum atomic E-state index is -2.95. The maximum Gasteiger partial charge on any atom is 0.188 e. The molecule has 0 rings (SSSR count). The Kier molecular flexibility index (Phi) is 3.31. The Morgan fingerprint density at radius 1 is 1.64 bits per heavy atom. The molecule has 0 radical (unpaired) electrons. The first-order chi connectivity index (χ1) is 4.83. The van der Waals surface area contributed by atoms with Crippen molar-refractivity contribution in [2.45, 2.75) is 0 Å². The van der Waals surface area contributed by atoms with E-state index in [4.69, 9.17) is 11.1 Å². The Morgan fingerprint density at radius 2 is 2.09 bits per heavy atom. The number of rotatable bonds is 3. The lowest BCUT2D eigenvalue weighted by Crippen LogP contribution is -2.36. The van der Waals surface area contributed by atoms with Gasteiger partial charge in [-0.15, -0.1) is 0 Å². The van der Waals surface area contributed by atoms with Gasteiger partial charge in [0.25, 0.3) is 0 Å². The highest BCUT2D eigenvalue weighted by Crippen LogP contribution is 1.85. The van der Waals surface area contributed by atoms with Crippen molar-refractivity contribution in [3.63, 3.8) is 0 Å². The van der Waals surface area contributed by atoms with E-state index in [0.29, 0.717) is 0 Å². The highest BCUT2D eigenvalue weighted by atomic mass is 32.2. The quantitative estimate of drug-likeness (QED) is 0.423. The summed E-state index contributed by atoms with van der Waals surface area (Å²) >= 11 is 0. The van der Waals surface area contributed by atoms with Gasteiger partial charge < -0.3 is 10.6 Å². The molecule has 66 valence electrons. The fraction of sp³-hybridized carbons (Fsp3) is 0.800. The first kappa shape index (κ1) is 10.2. The molecule has 0 aromatic carbocycles. The Morgan fingerprint density at radius 3 is 2.36 bits per heavy atom. The van der Waals surface area contributed by atoms with Gasteiger partial charge in [-0.1, -0.05) is 0 Å². The lowest BCUT2D eigenvalue weighted by atomic mass is 10.6. The first-order valence-corrected chi connectivity index (χ1v) is 5.12. The summed E-state index contributed by atoms with van der Waals surface area (Å²) in [5.41, 5.74) is 5.08. The average molecular weight is 179 g/mol. The van der Waals surface area contributed by atoms with Crippen LogP contribution in [0.3, 0.4) is 0 Å². The molecule has 0 spiro atoms. The van der Waals surface area contributed by atoms with Gasteiger partial charge in [-0.25, -0.2) is 8.42 Å². The molecule has 0 aliphatic heterocycles. The topological polar surface area (TPSA) is 87.2 Å². The standard InChI is InChI=1S/C5H13N3O2S/c1-8(5(6)7)3-4-11(2,9)10/h3-4H2,1-2H3,(H3,6,7). The van der Waals surface area contributed by atoms with E-state index in [1.165, 1.54) is 4.90 Å². The molecule has 0 unspecified atom stereocenters. The third kappa shape index (κ3) is 5.65. The fourth-order valence-electron chi connectivity index (χ4n) is 0.423. The van der Waals surface area contributed by atoms with Crippen LogP contribution < -0.4 is 5.73 Å². The Hall–Kier alpha value is -0.780. The van der Waals surface area contributed by atoms with Gasteiger partial charge in [0.15, 0.2) is 5.96 Å². The second-order valence-corrected chi connectivity index (χ2v) is 4.70. The third-order valence-electron chi connectivity index (χ3n) is 1.21. The molecule has 5 nitrogen and oxygen atoms in total. The number of hydrogen-bond donors (Lipinski definition) is 2. The van der Waals surface area contributed by atoms with Crippen molar-refractivity contribution in [2.24, 2.45) is 5.73 Å². The van der Waals surface area contributed by atoms with Gasteiger partial charge in [0.05, 0.1) is 5.75 Å². The van der Waals surface area contributed by atoms with Gasteiger partial charge in [-0.3, -0.25) is 5.41 Å². The molecule has 0 aromatic rings. The molecule has 0 saturated carbocycles. The number of nitrogens with two attached hydrogens (primary N) is 1. The van der Waals surface area contributed by atoms with Gasteiger partial charge in [0.1, 0.15) is 9.84 Å². The Labute approximate surface area is 66.6 Å². The highest BCUT2D eigenvalue weighted by Gasteiger charge is 2.05. The van der Waals surface area contributed by atoms with Crippen LogP contribution in [0.1, 0.15) is 0 Å². The summed E-state index contributed by atoms with van der Waals surface area (Å²) in [5, 5.41) is 6.92. The molecule has 0 amide bonds. The largest absolute Gasteiger partial charge is 0.370 e. The van der Waals surface area contributed by atoms with Crippen LogP contribution in [0.25, 0.3) is 0 Å². The van der Waals surface area contributed by atoms with E-state index in [-0.39, 0.29) is 18.3 Å². The summed E-state index contributed by atoms with van der Waals surface area (Å²) in [7, 11) is -1.37. The average Bonchev–Trinajstić information content (AvgIpc) is 1.80. The molecule has 0 saturated heterocycles. The summed E-state index contributed by atoms with van der Waals surface area (Å²) in [6, 6.07) is 0. The summed E-state index contributed by atoms with van der Waals surface area (Å²) in [6.07, 6.45) is 1.15. The van der Waals surface area contributed by atoms with Gasteiger partial charge in [-0.2, -0.15) is 0 Å². The number of hydrogen-bond acceptors (Lipinski definition) is 3. The first-order valence-electron chi connectivity index (χ1n) is 3.06. The molecule has 0 aromatic heterocycles. The Bertz CT molecular complexity index is 234. The van der Waals surface area contributed by atoms with Gasteiger partial charge in [-0.05, 0) is 0 Å². The van der Waals surface area contributed by atoms with Gasteiger partial charge >= 0.3 is 0 Å². The SMILES string of the molecule is CN(CCS(C)(=O)=O)C(=N)N. The summed E-state index contributed by atoms with van der Waals surface area (Å²) in [4.78, 5) is 1.38. The predicted octanol–water partition coefficient (Wildman–Crippen LogP) is -1.14. The monoisotopic (exact) mass is 179 g/mol. The van der Waals surface area contributed by atoms with E-state index in [1.54, 1.807) is 7.05 Å². The molecule has 3 N–H and O–H groups in total. The summed E-state index contributed by atoms with van der Waals surface area (Å²) in [6.45, 7) is 0.272. The van der Waals surface area contributed by atoms with Crippen LogP contribution in [0.5, 0.6) is 0 Å². The van der Waals surface area contributed by atoms with Crippen molar-refractivity contribution in [3.8, 4) is 0 Å². The maximum absolute atomic E-state index is 10.6. The highest BCUT2D eigenvalue weighted by molar-refractivity contribution is 7.90. The van der Waals surface area contributed by atoms with Crippen LogP contribution in [0.4, 0.5) is 0 Å². The van der Waals surface area contributed by atoms with Crippen molar-refractivity contribution in [2.75, 3.05) is 25.6 Å². The van der Waals surface area contributed by atoms with E-state index < -0.39 is 9.84 Å². The molecule has 0 heterocycles. The third-order valence-corrected chi connectivity index (χ3v) is 2.13. The molecule has 0 aliphatic rings. The molecular formula is C5H13N3O2S. The van der Waals surface area contributed by atoms with Gasteiger partial charge in [0.2, 0.25) is 0 Å². The number of nitrogens with one attached hydrogen (secondary N) is 1. The normalized spacial score (nSPS) is 11.1. The van der Waals surface area contributed by atoms with Crippen molar-refractivity contribution in [1.82, 2.24) is 4.90 Å². The lowest BCUT2D eigenvalue weighted by Gasteiger charge is -2.14. The van der Waals surface area contributed by atoms with Crippen LogP contribution in [-0.4, -0.2) is 44.9 Å². The summed E-state index contributed by atoms with van der Waals surface area (Å²) in [5.74, 6) is -0.0862. The van der Waals surface area contributed by atoms with E-state index in [9.17, 15) is 8.42 Å². The van der Waals surface area contributed by atoms with Crippen LogP contribution in [-0.2, 0) is 9.84 Å². The lowest BCUT2D eigenvalue weighted by molar-refractivity contribution is 0.518. The number of sulfone groups is 1. The second kappa shape index (κ2) is 3.56. The van der Waals surface area contributed by atoms with Crippen LogP contribution >= 0.6 is 0 Å². The van der Waals surface area contributed by atoms with Crippen molar-refractivity contribution in [3.05, 3.63) is 0 Å².